The SMILES string of the molecule is CC(C)OCCC[Si](C)(O[Si](C)(C)C)O[Si](C)(C)C. The van der Waals surface area contributed by atoms with E-state index >= 15 is 0 Å². The van der Waals surface area contributed by atoms with Crippen molar-refractivity contribution < 1.29 is 13.0 Å². The fraction of sp³-hybridized carbons (Fsp3) is 1.00. The van der Waals surface area contributed by atoms with Crippen molar-refractivity contribution in [3.05, 3.63) is 0 Å². The summed E-state index contributed by atoms with van der Waals surface area (Å²) in [6.07, 6.45) is 1.35. The fourth-order valence-electron chi connectivity index (χ4n) is 2.13. The van der Waals surface area contributed by atoms with Gasteiger partial charge in [0.25, 0.3) is 0 Å². The van der Waals surface area contributed by atoms with Crippen molar-refractivity contribution in [3.8, 4) is 0 Å². The Kier molecular flexibility index (Phi) is 7.72. The summed E-state index contributed by atoms with van der Waals surface area (Å²) < 4.78 is 18.5. The van der Waals surface area contributed by atoms with Gasteiger partial charge in [0, 0.05) is 6.61 Å². The first-order chi connectivity index (χ1) is 8.33. The maximum atomic E-state index is 6.44. The average molecular weight is 323 g/mol. The molecule has 0 unspecified atom stereocenters. The van der Waals surface area contributed by atoms with Gasteiger partial charge in [-0.25, -0.2) is 0 Å². The molecular formula is C13H34O3Si3. The van der Waals surface area contributed by atoms with Gasteiger partial charge in [-0.05, 0) is 72.1 Å². The molecule has 0 spiro atoms. The Balaban J connectivity index is 4.50. The van der Waals surface area contributed by atoms with Gasteiger partial charge in [0.15, 0.2) is 16.6 Å². The second-order valence-electron chi connectivity index (χ2n) is 7.59. The molecule has 6 heteroatoms. The molecule has 3 nitrogen and oxygen atoms in total. The maximum absolute atomic E-state index is 6.44. The largest absolute Gasteiger partial charge is 0.437 e. The number of hydrogen-bond donors (Lipinski definition) is 0. The van der Waals surface area contributed by atoms with Crippen LogP contribution in [0.15, 0.2) is 0 Å². The van der Waals surface area contributed by atoms with Gasteiger partial charge >= 0.3 is 8.56 Å². The Labute approximate surface area is 123 Å². The lowest BCUT2D eigenvalue weighted by Crippen LogP contribution is -2.52. The van der Waals surface area contributed by atoms with Gasteiger partial charge in [-0.15, -0.1) is 0 Å². The molecule has 0 aliphatic rings. The van der Waals surface area contributed by atoms with Gasteiger partial charge in [-0.2, -0.15) is 0 Å². The van der Waals surface area contributed by atoms with Crippen LogP contribution in [0.1, 0.15) is 20.3 Å². The molecule has 0 N–H and O–H groups in total. The molecular weight excluding hydrogens is 288 g/mol. The Morgan fingerprint density at radius 2 is 1.21 bits per heavy atom. The van der Waals surface area contributed by atoms with Crippen molar-refractivity contribution in [1.29, 1.82) is 0 Å². The summed E-state index contributed by atoms with van der Waals surface area (Å²) >= 11 is 0. The molecule has 0 aromatic carbocycles. The molecule has 0 atom stereocenters. The number of ether oxygens (including phenoxy) is 1. The van der Waals surface area contributed by atoms with E-state index in [2.05, 4.69) is 59.7 Å². The van der Waals surface area contributed by atoms with E-state index in [0.29, 0.717) is 6.10 Å². The lowest BCUT2D eigenvalue weighted by molar-refractivity contribution is 0.0783. The highest BCUT2D eigenvalue weighted by atomic mass is 28.5. The van der Waals surface area contributed by atoms with Crippen LogP contribution in [0.5, 0.6) is 0 Å². The molecule has 0 saturated heterocycles. The van der Waals surface area contributed by atoms with E-state index < -0.39 is 25.2 Å². The molecule has 0 rings (SSSR count). The van der Waals surface area contributed by atoms with Crippen LogP contribution >= 0.6 is 0 Å². The minimum absolute atomic E-state index is 0.309. The highest BCUT2D eigenvalue weighted by molar-refractivity contribution is 6.87. The van der Waals surface area contributed by atoms with Crippen LogP contribution in [-0.4, -0.2) is 37.9 Å². The lowest BCUT2D eigenvalue weighted by Gasteiger charge is -2.38. The number of rotatable bonds is 9. The summed E-state index contributed by atoms with van der Waals surface area (Å²) in [5.74, 6) is 0. The third kappa shape index (κ3) is 12.0. The highest BCUT2D eigenvalue weighted by Crippen LogP contribution is 2.25. The molecule has 0 bridgehead atoms. The Morgan fingerprint density at radius 3 is 1.53 bits per heavy atom. The van der Waals surface area contributed by atoms with Crippen molar-refractivity contribution in [3.63, 3.8) is 0 Å². The van der Waals surface area contributed by atoms with Crippen LogP contribution < -0.4 is 0 Å². The summed E-state index contributed by atoms with van der Waals surface area (Å²) in [6, 6.07) is 1.04. The summed E-state index contributed by atoms with van der Waals surface area (Å²) in [5, 5.41) is 0. The van der Waals surface area contributed by atoms with Gasteiger partial charge in [-0.1, -0.05) is 0 Å². The minimum Gasteiger partial charge on any atom is -0.437 e. The van der Waals surface area contributed by atoms with Crippen molar-refractivity contribution in [1.82, 2.24) is 0 Å². The van der Waals surface area contributed by atoms with E-state index in [1.807, 2.05) is 0 Å². The Bertz CT molecular complexity index is 241. The van der Waals surface area contributed by atoms with E-state index in [1.165, 1.54) is 0 Å². The molecule has 0 aromatic rings. The lowest BCUT2D eigenvalue weighted by atomic mass is 10.4. The summed E-state index contributed by atoms with van der Waals surface area (Å²) in [7, 11) is -5.16. The zero-order valence-electron chi connectivity index (χ0n) is 14.4. The third-order valence-corrected chi connectivity index (χ3v) is 11.9. The predicted octanol–water partition coefficient (Wildman–Crippen LogP) is 4.58. The zero-order chi connectivity index (χ0) is 15.3. The molecule has 116 valence electrons. The third-order valence-electron chi connectivity index (χ3n) is 2.27. The second-order valence-corrected chi connectivity index (χ2v) is 20.4. The quantitative estimate of drug-likeness (QED) is 0.459. The van der Waals surface area contributed by atoms with Crippen molar-refractivity contribution in [2.75, 3.05) is 6.61 Å². The monoisotopic (exact) mass is 322 g/mol. The normalized spacial score (nSPS) is 14.2. The minimum atomic E-state index is -2.05. The first-order valence-corrected chi connectivity index (χ1v) is 16.7. The first kappa shape index (κ1) is 19.5. The van der Waals surface area contributed by atoms with Gasteiger partial charge in [0.1, 0.15) is 0 Å². The molecule has 0 aliphatic heterocycles. The molecule has 0 aromatic heterocycles. The Hall–Kier alpha value is 0.531. The van der Waals surface area contributed by atoms with Gasteiger partial charge < -0.3 is 13.0 Å². The molecule has 19 heavy (non-hydrogen) atoms. The molecule has 0 aliphatic carbocycles. The van der Waals surface area contributed by atoms with Crippen LogP contribution in [0.25, 0.3) is 0 Å². The van der Waals surface area contributed by atoms with Crippen LogP contribution in [0, 0.1) is 0 Å². The Morgan fingerprint density at radius 1 is 0.789 bits per heavy atom. The predicted molar refractivity (Wildman–Crippen MR) is 91.0 cm³/mol. The van der Waals surface area contributed by atoms with Crippen molar-refractivity contribution in [2.24, 2.45) is 0 Å². The molecule has 0 radical (unpaired) electrons. The van der Waals surface area contributed by atoms with Gasteiger partial charge in [-0.3, -0.25) is 0 Å². The van der Waals surface area contributed by atoms with Crippen molar-refractivity contribution >= 4 is 25.2 Å². The topological polar surface area (TPSA) is 27.7 Å². The first-order valence-electron chi connectivity index (χ1n) is 7.35. The summed E-state index contributed by atoms with van der Waals surface area (Å²) in [5.41, 5.74) is 0. The van der Waals surface area contributed by atoms with E-state index in [4.69, 9.17) is 13.0 Å². The standard InChI is InChI=1S/C13H34O3Si3/c1-13(2)14-11-10-12-19(9,15-17(3,4)5)16-18(6,7)8/h13H,10-12H2,1-9H3. The molecule has 0 heterocycles. The molecule has 0 amide bonds. The zero-order valence-corrected chi connectivity index (χ0v) is 17.4. The average Bonchev–Trinajstić information content (AvgIpc) is 2.05. The summed E-state index contributed by atoms with van der Waals surface area (Å²) in [4.78, 5) is 0. The van der Waals surface area contributed by atoms with Crippen molar-refractivity contribution in [2.45, 2.75) is 78.2 Å². The fourth-order valence-corrected chi connectivity index (χ4v) is 14.6. The van der Waals surface area contributed by atoms with Crippen LogP contribution in [-0.2, 0) is 13.0 Å². The highest BCUT2D eigenvalue weighted by Gasteiger charge is 2.39. The van der Waals surface area contributed by atoms with Gasteiger partial charge in [0.2, 0.25) is 0 Å². The van der Waals surface area contributed by atoms with E-state index in [0.717, 1.165) is 19.1 Å². The smallest absolute Gasteiger partial charge is 0.314 e. The maximum Gasteiger partial charge on any atom is 0.314 e. The van der Waals surface area contributed by atoms with E-state index in [-0.39, 0.29) is 0 Å². The molecule has 0 saturated carbocycles. The van der Waals surface area contributed by atoms with Crippen LogP contribution in [0.3, 0.4) is 0 Å². The second kappa shape index (κ2) is 7.51. The van der Waals surface area contributed by atoms with E-state index in [9.17, 15) is 0 Å². The van der Waals surface area contributed by atoms with Gasteiger partial charge in [0.05, 0.1) is 6.10 Å². The molecule has 0 fully saturated rings. The van der Waals surface area contributed by atoms with Crippen LogP contribution in [0.4, 0.5) is 0 Å². The number of hydrogen-bond acceptors (Lipinski definition) is 3. The van der Waals surface area contributed by atoms with Crippen LogP contribution in [0.2, 0.25) is 51.9 Å². The summed E-state index contributed by atoms with van der Waals surface area (Å²) in [6.45, 7) is 20.7. The van der Waals surface area contributed by atoms with E-state index in [1.54, 1.807) is 0 Å².